The number of nitrogens with one attached hydrogen (secondary N) is 1. The van der Waals surface area contributed by atoms with Gasteiger partial charge in [0.05, 0.1) is 17.0 Å². The van der Waals surface area contributed by atoms with Crippen LogP contribution >= 0.6 is 0 Å². The fourth-order valence-corrected chi connectivity index (χ4v) is 4.78. The molecule has 1 N–H and O–H groups in total. The number of hydrogen-bond acceptors (Lipinski definition) is 7. The number of aromatic nitrogens is 2. The van der Waals surface area contributed by atoms with Crippen molar-refractivity contribution in [2.75, 3.05) is 18.5 Å². The Bertz CT molecular complexity index is 891. The highest BCUT2D eigenvalue weighted by Crippen LogP contribution is 2.36. The Morgan fingerprint density at radius 3 is 2.55 bits per heavy atom. The van der Waals surface area contributed by atoms with Crippen molar-refractivity contribution in [2.24, 2.45) is 17.8 Å². The van der Waals surface area contributed by atoms with Crippen LogP contribution in [-0.4, -0.2) is 35.2 Å². The van der Waals surface area contributed by atoms with Gasteiger partial charge >= 0.3 is 0 Å². The largest absolute Gasteiger partial charge is 0.381 e. The third-order valence-corrected chi connectivity index (χ3v) is 6.84. The zero-order valence-electron chi connectivity index (χ0n) is 18.3. The SMILES string of the molecule is Cc1nocc1C(=O)C[C@H](C(=O)Nc1cc(C2CCOCC2)no1)C1CCC(C)CC1. The number of amides is 1. The van der Waals surface area contributed by atoms with Crippen LogP contribution in [0.3, 0.4) is 0 Å². The molecule has 8 nitrogen and oxygen atoms in total. The molecule has 1 atom stereocenters. The average Bonchev–Trinajstić information content (AvgIpc) is 3.42. The lowest BCUT2D eigenvalue weighted by Crippen LogP contribution is -2.33. The predicted octanol–water partition coefficient (Wildman–Crippen LogP) is 4.52. The highest BCUT2D eigenvalue weighted by atomic mass is 16.5. The van der Waals surface area contributed by atoms with Gasteiger partial charge in [0.15, 0.2) is 5.78 Å². The lowest BCUT2D eigenvalue weighted by Gasteiger charge is -2.31. The van der Waals surface area contributed by atoms with Crippen LogP contribution in [0.1, 0.15) is 79.5 Å². The Labute approximate surface area is 182 Å². The number of carbonyl (C=O) groups is 2. The van der Waals surface area contributed by atoms with Crippen molar-refractivity contribution in [2.45, 2.75) is 64.7 Å². The zero-order valence-corrected chi connectivity index (χ0v) is 18.3. The topological polar surface area (TPSA) is 107 Å². The summed E-state index contributed by atoms with van der Waals surface area (Å²) in [6.45, 7) is 5.40. The van der Waals surface area contributed by atoms with Crippen LogP contribution in [0.4, 0.5) is 5.88 Å². The van der Waals surface area contributed by atoms with E-state index in [1.807, 2.05) is 0 Å². The van der Waals surface area contributed by atoms with E-state index in [1.165, 1.54) is 6.26 Å². The molecule has 1 amide bonds. The van der Waals surface area contributed by atoms with Crippen molar-refractivity contribution in [3.8, 4) is 0 Å². The van der Waals surface area contributed by atoms with E-state index < -0.39 is 5.92 Å². The van der Waals surface area contributed by atoms with E-state index in [9.17, 15) is 9.59 Å². The fourth-order valence-electron chi connectivity index (χ4n) is 4.78. The average molecular weight is 430 g/mol. The number of aryl methyl sites for hydroxylation is 1. The number of carbonyl (C=O) groups excluding carboxylic acids is 2. The van der Waals surface area contributed by atoms with Crippen molar-refractivity contribution in [1.82, 2.24) is 10.3 Å². The highest BCUT2D eigenvalue weighted by Gasteiger charge is 2.34. The summed E-state index contributed by atoms with van der Waals surface area (Å²) >= 11 is 0. The number of ketones is 1. The Morgan fingerprint density at radius 2 is 1.87 bits per heavy atom. The molecular weight excluding hydrogens is 398 g/mol. The van der Waals surface area contributed by atoms with Crippen molar-refractivity contribution in [3.63, 3.8) is 0 Å². The summed E-state index contributed by atoms with van der Waals surface area (Å²) in [5, 5.41) is 10.8. The first-order valence-corrected chi connectivity index (χ1v) is 11.3. The lowest BCUT2D eigenvalue weighted by atomic mass is 9.74. The van der Waals surface area contributed by atoms with Crippen LogP contribution in [0.15, 0.2) is 21.4 Å². The summed E-state index contributed by atoms with van der Waals surface area (Å²) in [5.74, 6) is 0.734. The van der Waals surface area contributed by atoms with Gasteiger partial charge in [-0.15, -0.1) is 0 Å². The number of ether oxygens (including phenoxy) is 1. The van der Waals surface area contributed by atoms with E-state index >= 15 is 0 Å². The van der Waals surface area contributed by atoms with E-state index in [4.69, 9.17) is 13.8 Å². The third-order valence-electron chi connectivity index (χ3n) is 6.84. The van der Waals surface area contributed by atoms with E-state index in [0.717, 1.165) is 44.2 Å². The Morgan fingerprint density at radius 1 is 1.13 bits per heavy atom. The Balaban J connectivity index is 1.46. The van der Waals surface area contributed by atoms with E-state index in [0.29, 0.717) is 36.3 Å². The van der Waals surface area contributed by atoms with E-state index in [2.05, 4.69) is 22.6 Å². The minimum absolute atomic E-state index is 0.113. The number of Topliss-reactive ketones (excluding diaryl/α,β-unsaturated/α-hetero) is 1. The molecular formula is C23H31N3O5. The molecule has 0 aromatic carbocycles. The molecule has 0 spiro atoms. The minimum Gasteiger partial charge on any atom is -0.381 e. The number of rotatable bonds is 7. The molecule has 2 aromatic heterocycles. The molecule has 1 aliphatic carbocycles. The van der Waals surface area contributed by atoms with Gasteiger partial charge in [-0.2, -0.15) is 0 Å². The number of hydrogen-bond donors (Lipinski definition) is 1. The molecule has 1 saturated heterocycles. The molecule has 2 aromatic rings. The van der Waals surface area contributed by atoms with Crippen molar-refractivity contribution < 1.29 is 23.4 Å². The standard InChI is InChI=1S/C23H31N3O5/c1-14-3-5-16(6-4-14)18(11-21(27)19-13-30-25-15(19)2)23(28)24-22-12-20(26-31-22)17-7-9-29-10-8-17/h12-14,16-18H,3-11H2,1-2H3,(H,24,28)/t14?,16?,18-/m0/s1. The molecule has 31 heavy (non-hydrogen) atoms. The summed E-state index contributed by atoms with van der Waals surface area (Å²) in [6, 6.07) is 1.81. The van der Waals surface area contributed by atoms with Gasteiger partial charge in [-0.3, -0.25) is 14.9 Å². The van der Waals surface area contributed by atoms with Crippen LogP contribution in [0.5, 0.6) is 0 Å². The second-order valence-electron chi connectivity index (χ2n) is 9.06. The first-order valence-electron chi connectivity index (χ1n) is 11.3. The summed E-state index contributed by atoms with van der Waals surface area (Å²) in [7, 11) is 0. The summed E-state index contributed by atoms with van der Waals surface area (Å²) < 4.78 is 15.7. The molecule has 8 heteroatoms. The second kappa shape index (κ2) is 9.77. The van der Waals surface area contributed by atoms with Crippen LogP contribution < -0.4 is 5.32 Å². The van der Waals surface area contributed by atoms with Gasteiger partial charge in [-0.1, -0.05) is 30.1 Å². The van der Waals surface area contributed by atoms with Crippen molar-refractivity contribution in [1.29, 1.82) is 0 Å². The number of anilines is 1. The molecule has 2 aliphatic rings. The van der Waals surface area contributed by atoms with Gasteiger partial charge in [-0.05, 0) is 44.4 Å². The maximum absolute atomic E-state index is 13.3. The fraction of sp³-hybridized carbons (Fsp3) is 0.652. The molecule has 1 saturated carbocycles. The van der Waals surface area contributed by atoms with Gasteiger partial charge in [0.1, 0.15) is 6.26 Å². The highest BCUT2D eigenvalue weighted by molar-refractivity contribution is 6.01. The van der Waals surface area contributed by atoms with Crippen molar-refractivity contribution >= 4 is 17.6 Å². The first kappa shape index (κ1) is 21.7. The second-order valence-corrected chi connectivity index (χ2v) is 9.06. The molecule has 3 heterocycles. The smallest absolute Gasteiger partial charge is 0.231 e. The molecule has 0 bridgehead atoms. The van der Waals surface area contributed by atoms with Gasteiger partial charge in [0, 0.05) is 37.5 Å². The first-order chi connectivity index (χ1) is 15.0. The maximum atomic E-state index is 13.3. The lowest BCUT2D eigenvalue weighted by molar-refractivity contribution is -0.122. The molecule has 4 rings (SSSR count). The summed E-state index contributed by atoms with van der Waals surface area (Å²) in [6.07, 6.45) is 7.33. The van der Waals surface area contributed by atoms with Crippen molar-refractivity contribution in [3.05, 3.63) is 29.3 Å². The van der Waals surface area contributed by atoms with Crippen LogP contribution in [0, 0.1) is 24.7 Å². The predicted molar refractivity (Wildman–Crippen MR) is 113 cm³/mol. The normalized spacial score (nSPS) is 23.4. The molecule has 1 aliphatic heterocycles. The summed E-state index contributed by atoms with van der Waals surface area (Å²) in [4.78, 5) is 26.1. The van der Waals surface area contributed by atoms with E-state index in [-0.39, 0.29) is 29.9 Å². The monoisotopic (exact) mass is 429 g/mol. The third kappa shape index (κ3) is 5.23. The van der Waals surface area contributed by atoms with Crippen LogP contribution in [-0.2, 0) is 9.53 Å². The maximum Gasteiger partial charge on any atom is 0.231 e. The van der Waals surface area contributed by atoms with Gasteiger partial charge < -0.3 is 13.8 Å². The van der Waals surface area contributed by atoms with Gasteiger partial charge in [-0.25, -0.2) is 0 Å². The van der Waals surface area contributed by atoms with Gasteiger partial charge in [0.2, 0.25) is 11.8 Å². The number of nitrogens with zero attached hydrogens (tertiary/aromatic N) is 2. The molecule has 0 radical (unpaired) electrons. The minimum atomic E-state index is -0.425. The molecule has 168 valence electrons. The quantitative estimate of drug-likeness (QED) is 0.645. The van der Waals surface area contributed by atoms with Crippen LogP contribution in [0.2, 0.25) is 0 Å². The zero-order chi connectivity index (χ0) is 21.8. The molecule has 0 unspecified atom stereocenters. The van der Waals surface area contributed by atoms with E-state index in [1.54, 1.807) is 13.0 Å². The van der Waals surface area contributed by atoms with Gasteiger partial charge in [0.25, 0.3) is 0 Å². The summed E-state index contributed by atoms with van der Waals surface area (Å²) in [5.41, 5.74) is 1.85. The Kier molecular flexibility index (Phi) is 6.85. The Hall–Kier alpha value is -2.48. The van der Waals surface area contributed by atoms with Crippen LogP contribution in [0.25, 0.3) is 0 Å². The molecule has 2 fully saturated rings.